The molecule has 2 N–H and O–H groups in total. The van der Waals surface area contributed by atoms with Gasteiger partial charge in [-0.1, -0.05) is 13.8 Å². The van der Waals surface area contributed by atoms with Crippen molar-refractivity contribution in [1.82, 2.24) is 4.90 Å². The first-order chi connectivity index (χ1) is 6.64. The average molecular weight is 200 g/mol. The Bertz CT molecular complexity index is 159. The Morgan fingerprint density at radius 1 is 1.36 bits per heavy atom. The first-order valence-corrected chi connectivity index (χ1v) is 5.64. The Kier molecular flexibility index (Phi) is 4.85. The summed E-state index contributed by atoms with van der Waals surface area (Å²) in [4.78, 5) is 2.50. The van der Waals surface area contributed by atoms with E-state index in [4.69, 9.17) is 10.5 Å². The summed E-state index contributed by atoms with van der Waals surface area (Å²) in [6, 6.07) is 0. The summed E-state index contributed by atoms with van der Waals surface area (Å²) in [5.41, 5.74) is 5.84. The molecule has 0 saturated carbocycles. The van der Waals surface area contributed by atoms with E-state index in [1.807, 2.05) is 0 Å². The maximum atomic E-state index is 5.39. The van der Waals surface area contributed by atoms with Crippen molar-refractivity contribution in [3.05, 3.63) is 0 Å². The van der Waals surface area contributed by atoms with Crippen LogP contribution in [0.5, 0.6) is 0 Å². The molecule has 3 nitrogen and oxygen atoms in total. The zero-order chi connectivity index (χ0) is 10.4. The van der Waals surface area contributed by atoms with Crippen LogP contribution in [0.25, 0.3) is 0 Å². The highest BCUT2D eigenvalue weighted by molar-refractivity contribution is 4.79. The summed E-state index contributed by atoms with van der Waals surface area (Å²) in [6.45, 7) is 10.3. The first kappa shape index (κ1) is 12.0. The number of nitrogens with zero attached hydrogens (tertiary/aromatic N) is 1. The largest absolute Gasteiger partial charge is 0.379 e. The lowest BCUT2D eigenvalue weighted by molar-refractivity contribution is 0.0677. The molecule has 1 saturated heterocycles. The number of ether oxygens (including phenoxy) is 1. The molecule has 3 heteroatoms. The molecule has 0 radical (unpaired) electrons. The van der Waals surface area contributed by atoms with Crippen molar-refractivity contribution in [3.8, 4) is 0 Å². The third kappa shape index (κ3) is 4.40. The molecule has 0 aromatic rings. The van der Waals surface area contributed by atoms with Crippen molar-refractivity contribution in [2.45, 2.75) is 26.7 Å². The molecular weight excluding hydrogens is 176 g/mol. The molecule has 0 spiro atoms. The van der Waals surface area contributed by atoms with Gasteiger partial charge in [-0.25, -0.2) is 0 Å². The van der Waals surface area contributed by atoms with Crippen LogP contribution in [0.15, 0.2) is 0 Å². The Morgan fingerprint density at radius 2 is 2.14 bits per heavy atom. The number of hydrogen-bond acceptors (Lipinski definition) is 3. The maximum Gasteiger partial charge on any atom is 0.0594 e. The second-order valence-electron chi connectivity index (χ2n) is 4.94. The van der Waals surface area contributed by atoms with E-state index in [0.717, 1.165) is 13.2 Å². The van der Waals surface area contributed by atoms with Crippen LogP contribution in [0, 0.1) is 5.41 Å². The number of hydrogen-bond donors (Lipinski definition) is 1. The number of likely N-dealkylation sites (tertiary alicyclic amines) is 1. The van der Waals surface area contributed by atoms with Gasteiger partial charge < -0.3 is 15.4 Å². The number of nitrogens with two attached hydrogens (primary N) is 1. The van der Waals surface area contributed by atoms with Crippen molar-refractivity contribution in [3.63, 3.8) is 0 Å². The van der Waals surface area contributed by atoms with Gasteiger partial charge in [-0.3, -0.25) is 0 Å². The molecule has 0 aromatic carbocycles. The summed E-state index contributed by atoms with van der Waals surface area (Å²) in [7, 11) is 0. The minimum absolute atomic E-state index is 0.492. The molecule has 1 aliphatic heterocycles. The van der Waals surface area contributed by atoms with Crippen molar-refractivity contribution in [2.75, 3.05) is 39.4 Å². The van der Waals surface area contributed by atoms with Crippen LogP contribution in [0.1, 0.15) is 26.7 Å². The Balaban J connectivity index is 2.12. The first-order valence-electron chi connectivity index (χ1n) is 5.64. The fourth-order valence-electron chi connectivity index (χ4n) is 2.11. The van der Waals surface area contributed by atoms with Crippen LogP contribution < -0.4 is 5.73 Å². The van der Waals surface area contributed by atoms with E-state index in [-0.39, 0.29) is 0 Å². The smallest absolute Gasteiger partial charge is 0.0594 e. The van der Waals surface area contributed by atoms with Crippen molar-refractivity contribution in [1.29, 1.82) is 0 Å². The molecule has 1 aliphatic rings. The molecule has 1 heterocycles. The molecule has 0 bridgehead atoms. The zero-order valence-corrected chi connectivity index (χ0v) is 9.59. The summed E-state index contributed by atoms with van der Waals surface area (Å²) < 4.78 is 5.39. The zero-order valence-electron chi connectivity index (χ0n) is 9.59. The van der Waals surface area contributed by atoms with E-state index in [2.05, 4.69) is 18.7 Å². The molecule has 84 valence electrons. The standard InChI is InChI=1S/C11H24N2O/c1-11(2)4-3-6-13(10-11)7-9-14-8-5-12/h3-10,12H2,1-2H3. The topological polar surface area (TPSA) is 38.5 Å². The van der Waals surface area contributed by atoms with Gasteiger partial charge in [-0.15, -0.1) is 0 Å². The molecule has 1 fully saturated rings. The highest BCUT2D eigenvalue weighted by atomic mass is 16.5. The Hall–Kier alpha value is -0.120. The third-order valence-electron chi connectivity index (χ3n) is 2.79. The van der Waals surface area contributed by atoms with E-state index < -0.39 is 0 Å². The molecule has 0 amide bonds. The molecule has 0 aliphatic carbocycles. The molecule has 14 heavy (non-hydrogen) atoms. The van der Waals surface area contributed by atoms with Crippen LogP contribution >= 0.6 is 0 Å². The van der Waals surface area contributed by atoms with Gasteiger partial charge in [0, 0.05) is 19.6 Å². The maximum absolute atomic E-state index is 5.39. The van der Waals surface area contributed by atoms with E-state index in [1.165, 1.54) is 25.9 Å². The van der Waals surface area contributed by atoms with Crippen molar-refractivity contribution in [2.24, 2.45) is 11.1 Å². The van der Waals surface area contributed by atoms with Gasteiger partial charge in [0.1, 0.15) is 0 Å². The normalized spacial score (nSPS) is 22.5. The lowest BCUT2D eigenvalue weighted by Crippen LogP contribution is -2.41. The van der Waals surface area contributed by atoms with Crippen molar-refractivity contribution < 1.29 is 4.74 Å². The lowest BCUT2D eigenvalue weighted by Gasteiger charge is -2.37. The second-order valence-corrected chi connectivity index (χ2v) is 4.94. The summed E-state index contributed by atoms with van der Waals surface area (Å²) in [6.07, 6.45) is 2.68. The molecule has 0 aromatic heterocycles. The van der Waals surface area contributed by atoms with E-state index in [0.29, 0.717) is 18.6 Å². The van der Waals surface area contributed by atoms with Crippen LogP contribution in [0.4, 0.5) is 0 Å². The molecule has 0 atom stereocenters. The van der Waals surface area contributed by atoms with Gasteiger partial charge in [-0.2, -0.15) is 0 Å². The predicted octanol–water partition coefficient (Wildman–Crippen LogP) is 1.08. The molecule has 0 unspecified atom stereocenters. The summed E-state index contributed by atoms with van der Waals surface area (Å²) in [5, 5.41) is 0. The van der Waals surface area contributed by atoms with E-state index >= 15 is 0 Å². The van der Waals surface area contributed by atoms with Gasteiger partial charge in [0.25, 0.3) is 0 Å². The highest BCUT2D eigenvalue weighted by Gasteiger charge is 2.25. The van der Waals surface area contributed by atoms with Gasteiger partial charge in [0.15, 0.2) is 0 Å². The van der Waals surface area contributed by atoms with Gasteiger partial charge in [0.05, 0.1) is 13.2 Å². The van der Waals surface area contributed by atoms with Crippen LogP contribution in [-0.2, 0) is 4.74 Å². The van der Waals surface area contributed by atoms with E-state index in [1.54, 1.807) is 0 Å². The highest BCUT2D eigenvalue weighted by Crippen LogP contribution is 2.27. The van der Waals surface area contributed by atoms with Crippen molar-refractivity contribution >= 4 is 0 Å². The molecule has 1 rings (SSSR count). The predicted molar refractivity (Wildman–Crippen MR) is 59.3 cm³/mol. The average Bonchev–Trinajstić information content (AvgIpc) is 2.11. The SMILES string of the molecule is CC1(C)CCCN(CCOCCN)C1. The Labute approximate surface area is 87.6 Å². The van der Waals surface area contributed by atoms with Crippen LogP contribution in [0.3, 0.4) is 0 Å². The summed E-state index contributed by atoms with van der Waals surface area (Å²) in [5.74, 6) is 0. The summed E-state index contributed by atoms with van der Waals surface area (Å²) >= 11 is 0. The monoisotopic (exact) mass is 200 g/mol. The number of piperidine rings is 1. The fraction of sp³-hybridized carbons (Fsp3) is 1.00. The van der Waals surface area contributed by atoms with Crippen LogP contribution in [0.2, 0.25) is 0 Å². The van der Waals surface area contributed by atoms with Gasteiger partial charge >= 0.3 is 0 Å². The molecular formula is C11H24N2O. The van der Waals surface area contributed by atoms with Crippen LogP contribution in [-0.4, -0.2) is 44.3 Å². The lowest BCUT2D eigenvalue weighted by atomic mass is 9.84. The Morgan fingerprint density at radius 3 is 2.79 bits per heavy atom. The minimum Gasteiger partial charge on any atom is -0.379 e. The minimum atomic E-state index is 0.492. The van der Waals surface area contributed by atoms with E-state index in [9.17, 15) is 0 Å². The third-order valence-corrected chi connectivity index (χ3v) is 2.79. The van der Waals surface area contributed by atoms with Gasteiger partial charge in [0.2, 0.25) is 0 Å². The number of rotatable bonds is 5. The second kappa shape index (κ2) is 5.69. The fourth-order valence-corrected chi connectivity index (χ4v) is 2.11. The van der Waals surface area contributed by atoms with Gasteiger partial charge in [-0.05, 0) is 24.8 Å². The quantitative estimate of drug-likeness (QED) is 0.675.